The van der Waals surface area contributed by atoms with Crippen LogP contribution in [0.3, 0.4) is 0 Å². The Hall–Kier alpha value is -1.66. The molecule has 7 heteroatoms. The lowest BCUT2D eigenvalue weighted by atomic mass is 10.1. The highest BCUT2D eigenvalue weighted by atomic mass is 35.5. The molecule has 0 radical (unpaired) electrons. The number of halogens is 1. The normalized spacial score (nSPS) is 9.39. The van der Waals surface area contributed by atoms with Crippen molar-refractivity contribution in [3.63, 3.8) is 0 Å². The standard InChI is InChI=1S/C11H15N3O3.ClH/c1-12-7-4-8-13-11(15)9-5-2-3-6-10(9)14(16)17;/h2-3,5-6,12H,4,7-8H2,1H3,(H,13,15);1H. The minimum absolute atomic E-state index is 0. The molecule has 1 aromatic rings. The molecule has 0 bridgehead atoms. The summed E-state index contributed by atoms with van der Waals surface area (Å²) in [5, 5.41) is 16.3. The first-order valence-corrected chi connectivity index (χ1v) is 5.33. The molecule has 0 fully saturated rings. The second-order valence-corrected chi connectivity index (χ2v) is 3.49. The van der Waals surface area contributed by atoms with E-state index in [4.69, 9.17) is 0 Å². The minimum Gasteiger partial charge on any atom is -0.352 e. The summed E-state index contributed by atoms with van der Waals surface area (Å²) >= 11 is 0. The van der Waals surface area contributed by atoms with Gasteiger partial charge in [-0.3, -0.25) is 14.9 Å². The van der Waals surface area contributed by atoms with Crippen LogP contribution >= 0.6 is 12.4 Å². The maximum Gasteiger partial charge on any atom is 0.282 e. The van der Waals surface area contributed by atoms with Crippen molar-refractivity contribution in [3.8, 4) is 0 Å². The highest BCUT2D eigenvalue weighted by Gasteiger charge is 2.18. The first kappa shape index (κ1) is 16.3. The maximum atomic E-state index is 11.7. The summed E-state index contributed by atoms with van der Waals surface area (Å²) in [6.07, 6.45) is 0.781. The lowest BCUT2D eigenvalue weighted by molar-refractivity contribution is -0.385. The van der Waals surface area contributed by atoms with Crippen LogP contribution in [0.15, 0.2) is 24.3 Å². The molecule has 0 heterocycles. The van der Waals surface area contributed by atoms with Crippen LogP contribution in [-0.4, -0.2) is 31.0 Å². The van der Waals surface area contributed by atoms with Crippen LogP contribution in [0.5, 0.6) is 0 Å². The van der Waals surface area contributed by atoms with Gasteiger partial charge < -0.3 is 10.6 Å². The van der Waals surface area contributed by atoms with Crippen molar-refractivity contribution in [3.05, 3.63) is 39.9 Å². The number of nitrogens with one attached hydrogen (secondary N) is 2. The Labute approximate surface area is 111 Å². The van der Waals surface area contributed by atoms with Gasteiger partial charge in [-0.2, -0.15) is 0 Å². The molecule has 1 rings (SSSR count). The van der Waals surface area contributed by atoms with Crippen molar-refractivity contribution in [2.24, 2.45) is 0 Å². The zero-order chi connectivity index (χ0) is 12.7. The molecule has 0 atom stereocenters. The maximum absolute atomic E-state index is 11.7. The van der Waals surface area contributed by atoms with Gasteiger partial charge in [0.1, 0.15) is 5.56 Å². The van der Waals surface area contributed by atoms with Crippen molar-refractivity contribution in [2.45, 2.75) is 6.42 Å². The van der Waals surface area contributed by atoms with E-state index >= 15 is 0 Å². The SMILES string of the molecule is CNCCCNC(=O)c1ccccc1[N+](=O)[O-].Cl. The number of hydrogen-bond donors (Lipinski definition) is 2. The molecule has 0 saturated carbocycles. The molecule has 0 aromatic heterocycles. The van der Waals surface area contributed by atoms with E-state index in [1.165, 1.54) is 18.2 Å². The number of nitro benzene ring substituents is 1. The first-order chi connectivity index (χ1) is 8.16. The van der Waals surface area contributed by atoms with E-state index in [2.05, 4.69) is 10.6 Å². The number of carbonyl (C=O) groups excluding carboxylic acids is 1. The van der Waals surface area contributed by atoms with Gasteiger partial charge in [-0.15, -0.1) is 12.4 Å². The Morgan fingerprint density at radius 3 is 2.61 bits per heavy atom. The highest BCUT2D eigenvalue weighted by Crippen LogP contribution is 2.16. The minimum atomic E-state index is -0.553. The predicted molar refractivity (Wildman–Crippen MR) is 71.2 cm³/mol. The summed E-state index contributed by atoms with van der Waals surface area (Å²) in [4.78, 5) is 21.9. The second kappa shape index (κ2) is 8.43. The third-order valence-electron chi connectivity index (χ3n) is 2.23. The van der Waals surface area contributed by atoms with Gasteiger partial charge in [0, 0.05) is 12.6 Å². The second-order valence-electron chi connectivity index (χ2n) is 3.49. The number of amides is 1. The van der Waals surface area contributed by atoms with E-state index in [1.54, 1.807) is 6.07 Å². The molecular formula is C11H16ClN3O3. The van der Waals surface area contributed by atoms with Crippen molar-refractivity contribution in [2.75, 3.05) is 20.1 Å². The van der Waals surface area contributed by atoms with E-state index in [9.17, 15) is 14.9 Å². The Balaban J connectivity index is 0.00000289. The summed E-state index contributed by atoms with van der Waals surface area (Å²) < 4.78 is 0. The van der Waals surface area contributed by atoms with Crippen LogP contribution in [0, 0.1) is 10.1 Å². The Morgan fingerprint density at radius 1 is 1.33 bits per heavy atom. The van der Waals surface area contributed by atoms with E-state index in [0.717, 1.165) is 13.0 Å². The number of rotatable bonds is 6. The topological polar surface area (TPSA) is 84.3 Å². The summed E-state index contributed by atoms with van der Waals surface area (Å²) in [6, 6.07) is 5.92. The fraction of sp³-hybridized carbons (Fsp3) is 0.364. The monoisotopic (exact) mass is 273 g/mol. The number of para-hydroxylation sites is 1. The fourth-order valence-electron chi connectivity index (χ4n) is 1.39. The molecule has 0 unspecified atom stereocenters. The zero-order valence-corrected chi connectivity index (χ0v) is 10.8. The molecule has 0 aliphatic carbocycles. The lowest BCUT2D eigenvalue weighted by Gasteiger charge is -2.05. The van der Waals surface area contributed by atoms with Crippen LogP contribution in [0.1, 0.15) is 16.8 Å². The molecule has 6 nitrogen and oxygen atoms in total. The van der Waals surface area contributed by atoms with Gasteiger partial charge in [-0.25, -0.2) is 0 Å². The van der Waals surface area contributed by atoms with Crippen LogP contribution in [0.25, 0.3) is 0 Å². The predicted octanol–water partition coefficient (Wildman–Crippen LogP) is 1.36. The van der Waals surface area contributed by atoms with Crippen LogP contribution in [0.4, 0.5) is 5.69 Å². The molecule has 1 aromatic carbocycles. The smallest absolute Gasteiger partial charge is 0.282 e. The van der Waals surface area contributed by atoms with Crippen molar-refractivity contribution in [1.29, 1.82) is 0 Å². The van der Waals surface area contributed by atoms with E-state index in [0.29, 0.717) is 6.54 Å². The van der Waals surface area contributed by atoms with Crippen LogP contribution in [0.2, 0.25) is 0 Å². The average Bonchev–Trinajstić information content (AvgIpc) is 2.34. The summed E-state index contributed by atoms with van der Waals surface area (Å²) in [5.74, 6) is -0.409. The molecule has 1 amide bonds. The van der Waals surface area contributed by atoms with E-state index in [1.807, 2.05) is 7.05 Å². The van der Waals surface area contributed by atoms with Crippen molar-refractivity contribution in [1.82, 2.24) is 10.6 Å². The van der Waals surface area contributed by atoms with Gasteiger partial charge >= 0.3 is 0 Å². The molecule has 0 spiro atoms. The number of nitrogens with zero attached hydrogens (tertiary/aromatic N) is 1. The van der Waals surface area contributed by atoms with Gasteiger partial charge in [0.2, 0.25) is 0 Å². The number of nitro groups is 1. The average molecular weight is 274 g/mol. The molecule has 0 aliphatic rings. The molecule has 0 aliphatic heterocycles. The highest BCUT2D eigenvalue weighted by molar-refractivity contribution is 5.98. The Morgan fingerprint density at radius 2 is 2.00 bits per heavy atom. The third kappa shape index (κ3) is 4.68. The fourth-order valence-corrected chi connectivity index (χ4v) is 1.39. The quantitative estimate of drug-likeness (QED) is 0.466. The van der Waals surface area contributed by atoms with Gasteiger partial charge in [-0.05, 0) is 26.1 Å². The Bertz CT molecular complexity index is 412. The summed E-state index contributed by atoms with van der Waals surface area (Å²) in [5.41, 5.74) is -0.0689. The van der Waals surface area contributed by atoms with Gasteiger partial charge in [0.25, 0.3) is 11.6 Å². The number of carbonyl (C=O) groups is 1. The summed E-state index contributed by atoms with van der Waals surface area (Å²) in [6.45, 7) is 1.28. The largest absolute Gasteiger partial charge is 0.352 e. The zero-order valence-electron chi connectivity index (χ0n) is 10.0. The van der Waals surface area contributed by atoms with Crippen LogP contribution < -0.4 is 10.6 Å². The molecule has 100 valence electrons. The van der Waals surface area contributed by atoms with E-state index < -0.39 is 10.8 Å². The Kier molecular flexibility index (Phi) is 7.66. The summed E-state index contributed by atoms with van der Waals surface area (Å²) in [7, 11) is 1.82. The molecular weight excluding hydrogens is 258 g/mol. The van der Waals surface area contributed by atoms with Gasteiger partial charge in [0.15, 0.2) is 0 Å². The number of benzene rings is 1. The molecule has 0 saturated heterocycles. The first-order valence-electron chi connectivity index (χ1n) is 5.33. The van der Waals surface area contributed by atoms with Gasteiger partial charge in [0.05, 0.1) is 4.92 Å². The van der Waals surface area contributed by atoms with E-state index in [-0.39, 0.29) is 23.7 Å². The molecule has 18 heavy (non-hydrogen) atoms. The molecule has 2 N–H and O–H groups in total. The van der Waals surface area contributed by atoms with Crippen LogP contribution in [-0.2, 0) is 0 Å². The van der Waals surface area contributed by atoms with Crippen molar-refractivity contribution >= 4 is 24.0 Å². The third-order valence-corrected chi connectivity index (χ3v) is 2.23. The van der Waals surface area contributed by atoms with Crippen molar-refractivity contribution < 1.29 is 9.72 Å². The number of hydrogen-bond acceptors (Lipinski definition) is 4. The lowest BCUT2D eigenvalue weighted by Crippen LogP contribution is -2.27. The van der Waals surface area contributed by atoms with Gasteiger partial charge in [-0.1, -0.05) is 12.1 Å².